The Morgan fingerprint density at radius 2 is 2.29 bits per heavy atom. The standard InChI is InChI=1S/C16H24N2O3/c1-4-13-8-16(20-9-13)6-5-7-18(10-16)15(19)14-11(2)17-21-12(14)3/h13H,4-10H2,1-3H3/t13-,16+/m0/s1. The van der Waals surface area contributed by atoms with Crippen molar-refractivity contribution in [2.75, 3.05) is 19.7 Å². The largest absolute Gasteiger partial charge is 0.373 e. The van der Waals surface area contributed by atoms with Crippen molar-refractivity contribution in [1.29, 1.82) is 0 Å². The molecular formula is C16H24N2O3. The molecule has 2 fully saturated rings. The van der Waals surface area contributed by atoms with Crippen molar-refractivity contribution in [3.63, 3.8) is 0 Å². The fraction of sp³-hybridized carbons (Fsp3) is 0.750. The first-order valence-electron chi connectivity index (χ1n) is 7.91. The summed E-state index contributed by atoms with van der Waals surface area (Å²) in [6, 6.07) is 0. The number of hydrogen-bond acceptors (Lipinski definition) is 4. The van der Waals surface area contributed by atoms with E-state index in [0.717, 1.165) is 38.8 Å². The fourth-order valence-electron chi connectivity index (χ4n) is 3.70. The number of carbonyl (C=O) groups excluding carboxylic acids is 1. The number of rotatable bonds is 2. The third kappa shape index (κ3) is 2.59. The first kappa shape index (κ1) is 14.6. The van der Waals surface area contributed by atoms with Crippen LogP contribution in [0.15, 0.2) is 4.52 Å². The van der Waals surface area contributed by atoms with Crippen molar-refractivity contribution in [3.05, 3.63) is 17.0 Å². The Morgan fingerprint density at radius 1 is 1.48 bits per heavy atom. The zero-order chi connectivity index (χ0) is 15.0. The van der Waals surface area contributed by atoms with E-state index in [2.05, 4.69) is 12.1 Å². The van der Waals surface area contributed by atoms with Crippen molar-refractivity contribution in [2.24, 2.45) is 5.92 Å². The van der Waals surface area contributed by atoms with E-state index >= 15 is 0 Å². The monoisotopic (exact) mass is 292 g/mol. The lowest BCUT2D eigenvalue weighted by Gasteiger charge is -2.39. The first-order chi connectivity index (χ1) is 10.0. The third-order valence-corrected chi connectivity index (χ3v) is 4.94. The van der Waals surface area contributed by atoms with Crippen molar-refractivity contribution >= 4 is 5.91 Å². The molecule has 1 aromatic rings. The molecule has 2 aliphatic rings. The van der Waals surface area contributed by atoms with Crippen LogP contribution < -0.4 is 0 Å². The lowest BCUT2D eigenvalue weighted by molar-refractivity contribution is -0.0450. The molecule has 0 unspecified atom stereocenters. The van der Waals surface area contributed by atoms with Gasteiger partial charge in [0.15, 0.2) is 0 Å². The second-order valence-electron chi connectivity index (χ2n) is 6.50. The van der Waals surface area contributed by atoms with E-state index in [-0.39, 0.29) is 11.5 Å². The zero-order valence-corrected chi connectivity index (χ0v) is 13.1. The molecule has 5 nitrogen and oxygen atoms in total. The Balaban J connectivity index is 1.76. The van der Waals surface area contributed by atoms with Crippen LogP contribution in [0.25, 0.3) is 0 Å². The van der Waals surface area contributed by atoms with E-state index in [9.17, 15) is 4.79 Å². The summed E-state index contributed by atoms with van der Waals surface area (Å²) in [5, 5.41) is 3.89. The Hall–Kier alpha value is -1.36. The van der Waals surface area contributed by atoms with E-state index in [4.69, 9.17) is 9.26 Å². The van der Waals surface area contributed by atoms with Crippen LogP contribution in [0.5, 0.6) is 0 Å². The summed E-state index contributed by atoms with van der Waals surface area (Å²) in [6.07, 6.45) is 4.30. The molecule has 1 amide bonds. The summed E-state index contributed by atoms with van der Waals surface area (Å²) in [5.41, 5.74) is 1.18. The molecule has 2 atom stereocenters. The predicted molar refractivity (Wildman–Crippen MR) is 78.2 cm³/mol. The third-order valence-electron chi connectivity index (χ3n) is 4.94. The second kappa shape index (κ2) is 5.44. The minimum Gasteiger partial charge on any atom is -0.373 e. The van der Waals surface area contributed by atoms with Crippen LogP contribution in [0, 0.1) is 19.8 Å². The summed E-state index contributed by atoms with van der Waals surface area (Å²) in [4.78, 5) is 14.7. The van der Waals surface area contributed by atoms with Crippen LogP contribution in [0.1, 0.15) is 54.4 Å². The van der Waals surface area contributed by atoms with Crippen molar-refractivity contribution in [3.8, 4) is 0 Å². The molecule has 1 spiro atoms. The molecule has 5 heteroatoms. The van der Waals surface area contributed by atoms with Gasteiger partial charge in [0.25, 0.3) is 5.91 Å². The normalized spacial score (nSPS) is 29.3. The van der Waals surface area contributed by atoms with Gasteiger partial charge >= 0.3 is 0 Å². The SMILES string of the molecule is CC[C@@H]1CO[C@]2(CCCN(C(=O)c3c(C)noc3C)C2)C1. The molecule has 3 heterocycles. The van der Waals surface area contributed by atoms with Crippen LogP contribution in [0.3, 0.4) is 0 Å². The van der Waals surface area contributed by atoms with E-state index in [1.807, 2.05) is 11.8 Å². The maximum Gasteiger partial charge on any atom is 0.259 e. The Bertz CT molecular complexity index is 520. The van der Waals surface area contributed by atoms with Crippen LogP contribution in [-0.2, 0) is 4.74 Å². The summed E-state index contributed by atoms with van der Waals surface area (Å²) in [7, 11) is 0. The quantitative estimate of drug-likeness (QED) is 0.841. The molecule has 0 bridgehead atoms. The van der Waals surface area contributed by atoms with Crippen LogP contribution in [0.4, 0.5) is 0 Å². The van der Waals surface area contributed by atoms with Crippen molar-refractivity contribution in [2.45, 2.75) is 52.1 Å². The predicted octanol–water partition coefficient (Wildman–Crippen LogP) is 2.71. The van der Waals surface area contributed by atoms with Gasteiger partial charge in [0, 0.05) is 13.1 Å². The molecule has 0 aromatic carbocycles. The number of aryl methyl sites for hydroxylation is 2. The summed E-state index contributed by atoms with van der Waals surface area (Å²) in [6.45, 7) is 8.17. The lowest BCUT2D eigenvalue weighted by atomic mass is 9.85. The Morgan fingerprint density at radius 3 is 2.90 bits per heavy atom. The Kier molecular flexibility index (Phi) is 3.78. The van der Waals surface area contributed by atoms with Gasteiger partial charge in [-0.15, -0.1) is 0 Å². The summed E-state index contributed by atoms with van der Waals surface area (Å²) < 4.78 is 11.2. The zero-order valence-electron chi connectivity index (χ0n) is 13.1. The minimum absolute atomic E-state index is 0.0360. The molecule has 0 N–H and O–H groups in total. The highest BCUT2D eigenvalue weighted by atomic mass is 16.5. The lowest BCUT2D eigenvalue weighted by Crippen LogP contribution is -2.50. The molecule has 0 aliphatic carbocycles. The van der Waals surface area contributed by atoms with Gasteiger partial charge in [0.2, 0.25) is 0 Å². The molecule has 0 radical (unpaired) electrons. The van der Waals surface area contributed by atoms with Crippen LogP contribution in [-0.4, -0.2) is 41.3 Å². The average Bonchev–Trinajstić information content (AvgIpc) is 3.02. The van der Waals surface area contributed by atoms with E-state index in [1.54, 1.807) is 6.92 Å². The van der Waals surface area contributed by atoms with Gasteiger partial charge < -0.3 is 14.2 Å². The molecule has 1 aromatic heterocycles. The number of ether oxygens (including phenoxy) is 1. The molecule has 2 aliphatic heterocycles. The van der Waals surface area contributed by atoms with E-state index in [0.29, 0.717) is 29.5 Å². The molecular weight excluding hydrogens is 268 g/mol. The maximum absolute atomic E-state index is 12.8. The van der Waals surface area contributed by atoms with Crippen molar-refractivity contribution < 1.29 is 14.1 Å². The second-order valence-corrected chi connectivity index (χ2v) is 6.50. The fourth-order valence-corrected chi connectivity index (χ4v) is 3.70. The molecule has 116 valence electrons. The summed E-state index contributed by atoms with van der Waals surface area (Å²) >= 11 is 0. The number of hydrogen-bond donors (Lipinski definition) is 0. The van der Waals surface area contributed by atoms with Gasteiger partial charge in [-0.2, -0.15) is 0 Å². The molecule has 0 saturated carbocycles. The highest BCUT2D eigenvalue weighted by Crippen LogP contribution is 2.39. The molecule has 2 saturated heterocycles. The topological polar surface area (TPSA) is 55.6 Å². The number of nitrogens with zero attached hydrogens (tertiary/aromatic N) is 2. The van der Waals surface area contributed by atoms with Crippen molar-refractivity contribution in [1.82, 2.24) is 10.1 Å². The smallest absolute Gasteiger partial charge is 0.259 e. The van der Waals surface area contributed by atoms with Gasteiger partial charge in [0.05, 0.1) is 17.9 Å². The number of carbonyl (C=O) groups is 1. The number of amides is 1. The molecule has 3 rings (SSSR count). The highest BCUT2D eigenvalue weighted by Gasteiger charge is 2.44. The van der Waals surface area contributed by atoms with Gasteiger partial charge in [-0.1, -0.05) is 18.5 Å². The van der Waals surface area contributed by atoms with Gasteiger partial charge in [-0.25, -0.2) is 0 Å². The maximum atomic E-state index is 12.8. The first-order valence-corrected chi connectivity index (χ1v) is 7.91. The Labute approximate surface area is 125 Å². The van der Waals surface area contributed by atoms with Crippen LogP contribution >= 0.6 is 0 Å². The van der Waals surface area contributed by atoms with Crippen LogP contribution in [0.2, 0.25) is 0 Å². The van der Waals surface area contributed by atoms with E-state index < -0.39 is 0 Å². The minimum atomic E-state index is -0.117. The van der Waals surface area contributed by atoms with Gasteiger partial charge in [-0.3, -0.25) is 4.79 Å². The number of aromatic nitrogens is 1. The highest BCUT2D eigenvalue weighted by molar-refractivity contribution is 5.96. The van der Waals surface area contributed by atoms with Gasteiger partial charge in [0.1, 0.15) is 11.3 Å². The summed E-state index contributed by atoms with van der Waals surface area (Å²) in [5.74, 6) is 1.28. The van der Waals surface area contributed by atoms with Gasteiger partial charge in [-0.05, 0) is 39.0 Å². The number of piperidine rings is 1. The number of likely N-dealkylation sites (tertiary alicyclic amines) is 1. The molecule has 21 heavy (non-hydrogen) atoms. The van der Waals surface area contributed by atoms with E-state index in [1.165, 1.54) is 0 Å². The average molecular weight is 292 g/mol.